The molecule has 1 atom stereocenters. The van der Waals surface area contributed by atoms with Crippen LogP contribution in [-0.4, -0.2) is 33.5 Å². The van der Waals surface area contributed by atoms with E-state index in [1.807, 2.05) is 0 Å². The standard InChI is InChI=1S/C20H22FN5O2S/c1-13-3-2-8-25(10-13)20-24-18-17(29-20)19(28)26(12-23-18)11-16(27)22-9-14-4-6-15(21)7-5-14/h4-7,12-13H,2-3,8-11H2,1H3,(H,22,27). The number of carbonyl (C=O) groups excluding carboxylic acids is 1. The van der Waals surface area contributed by atoms with Gasteiger partial charge in [0.2, 0.25) is 5.91 Å². The molecule has 3 aromatic rings. The smallest absolute Gasteiger partial charge is 0.273 e. The lowest BCUT2D eigenvalue weighted by molar-refractivity contribution is -0.121. The molecular weight excluding hydrogens is 393 g/mol. The Morgan fingerprint density at radius 1 is 1.34 bits per heavy atom. The Labute approximate surface area is 171 Å². The van der Waals surface area contributed by atoms with Crippen molar-refractivity contribution in [2.24, 2.45) is 5.92 Å². The van der Waals surface area contributed by atoms with Gasteiger partial charge in [-0.3, -0.25) is 14.2 Å². The van der Waals surface area contributed by atoms with Crippen molar-refractivity contribution in [3.8, 4) is 0 Å². The SMILES string of the molecule is CC1CCCN(c2nc3ncn(CC(=O)NCc4ccc(F)cc4)c(=O)c3s2)C1. The molecule has 0 saturated carbocycles. The van der Waals surface area contributed by atoms with Crippen molar-refractivity contribution in [1.82, 2.24) is 19.9 Å². The zero-order valence-corrected chi connectivity index (χ0v) is 16.9. The van der Waals surface area contributed by atoms with Crippen LogP contribution in [0.2, 0.25) is 0 Å². The molecule has 1 N–H and O–H groups in total. The fraction of sp³-hybridized carbons (Fsp3) is 0.400. The largest absolute Gasteiger partial charge is 0.350 e. The first-order valence-electron chi connectivity index (χ1n) is 9.61. The van der Waals surface area contributed by atoms with Gasteiger partial charge in [0.15, 0.2) is 10.8 Å². The molecule has 1 aliphatic heterocycles. The molecule has 1 amide bonds. The van der Waals surface area contributed by atoms with Gasteiger partial charge < -0.3 is 10.2 Å². The van der Waals surface area contributed by atoms with Gasteiger partial charge >= 0.3 is 0 Å². The number of fused-ring (bicyclic) bond motifs is 1. The van der Waals surface area contributed by atoms with Crippen LogP contribution in [0.4, 0.5) is 9.52 Å². The first-order valence-corrected chi connectivity index (χ1v) is 10.4. The summed E-state index contributed by atoms with van der Waals surface area (Å²) in [6, 6.07) is 5.90. The van der Waals surface area contributed by atoms with Gasteiger partial charge in [-0.25, -0.2) is 9.37 Å². The van der Waals surface area contributed by atoms with Gasteiger partial charge in [-0.1, -0.05) is 30.4 Å². The van der Waals surface area contributed by atoms with Crippen LogP contribution < -0.4 is 15.8 Å². The van der Waals surface area contributed by atoms with E-state index in [1.54, 1.807) is 12.1 Å². The van der Waals surface area contributed by atoms with Crippen LogP contribution in [0, 0.1) is 11.7 Å². The van der Waals surface area contributed by atoms with E-state index in [4.69, 9.17) is 0 Å². The van der Waals surface area contributed by atoms with E-state index >= 15 is 0 Å². The summed E-state index contributed by atoms with van der Waals surface area (Å²) in [6.45, 7) is 4.22. The van der Waals surface area contributed by atoms with E-state index in [1.165, 1.54) is 40.8 Å². The number of anilines is 1. The van der Waals surface area contributed by atoms with E-state index in [0.29, 0.717) is 16.3 Å². The van der Waals surface area contributed by atoms with Crippen molar-refractivity contribution in [3.63, 3.8) is 0 Å². The van der Waals surface area contributed by atoms with Crippen LogP contribution in [0.15, 0.2) is 35.4 Å². The fourth-order valence-corrected chi connectivity index (χ4v) is 4.46. The van der Waals surface area contributed by atoms with Crippen LogP contribution in [0.5, 0.6) is 0 Å². The summed E-state index contributed by atoms with van der Waals surface area (Å²) in [5, 5.41) is 3.55. The molecule has 9 heteroatoms. The zero-order chi connectivity index (χ0) is 20.4. The highest BCUT2D eigenvalue weighted by Gasteiger charge is 2.21. The average molecular weight is 415 g/mol. The summed E-state index contributed by atoms with van der Waals surface area (Å²) < 4.78 is 14.7. The molecule has 0 radical (unpaired) electrons. The van der Waals surface area contributed by atoms with Crippen LogP contribution >= 0.6 is 11.3 Å². The number of hydrogen-bond acceptors (Lipinski definition) is 6. The molecule has 152 valence electrons. The van der Waals surface area contributed by atoms with Gasteiger partial charge in [0.25, 0.3) is 5.56 Å². The topological polar surface area (TPSA) is 80.1 Å². The Balaban J connectivity index is 1.46. The second-order valence-electron chi connectivity index (χ2n) is 7.42. The number of nitrogens with one attached hydrogen (secondary N) is 1. The maximum Gasteiger partial charge on any atom is 0.273 e. The predicted molar refractivity (Wildman–Crippen MR) is 111 cm³/mol. The molecule has 3 heterocycles. The Kier molecular flexibility index (Phi) is 5.57. The summed E-state index contributed by atoms with van der Waals surface area (Å²) in [5.41, 5.74) is 0.945. The second kappa shape index (κ2) is 8.28. The third-order valence-corrected chi connectivity index (χ3v) is 6.11. The molecule has 0 bridgehead atoms. The lowest BCUT2D eigenvalue weighted by atomic mass is 10.0. The van der Waals surface area contributed by atoms with Crippen molar-refractivity contribution >= 4 is 32.7 Å². The van der Waals surface area contributed by atoms with Gasteiger partial charge in [-0.2, -0.15) is 4.98 Å². The van der Waals surface area contributed by atoms with Crippen molar-refractivity contribution in [2.45, 2.75) is 32.9 Å². The molecule has 1 aliphatic rings. The Morgan fingerprint density at radius 3 is 2.90 bits per heavy atom. The zero-order valence-electron chi connectivity index (χ0n) is 16.1. The highest BCUT2D eigenvalue weighted by atomic mass is 32.1. The number of carbonyl (C=O) groups is 1. The number of hydrogen-bond donors (Lipinski definition) is 1. The minimum atomic E-state index is -0.325. The third kappa shape index (κ3) is 4.45. The number of rotatable bonds is 5. The molecule has 7 nitrogen and oxygen atoms in total. The quantitative estimate of drug-likeness (QED) is 0.693. The first-order chi connectivity index (χ1) is 14.0. The number of benzene rings is 1. The normalized spacial score (nSPS) is 16.9. The minimum absolute atomic E-state index is 0.128. The average Bonchev–Trinajstić information content (AvgIpc) is 3.15. The predicted octanol–water partition coefficient (Wildman–Crippen LogP) is 2.54. The minimum Gasteiger partial charge on any atom is -0.350 e. The Morgan fingerprint density at radius 2 is 2.14 bits per heavy atom. The summed E-state index contributed by atoms with van der Waals surface area (Å²) in [5.74, 6) is -0.0358. The molecule has 1 unspecified atom stereocenters. The van der Waals surface area contributed by atoms with Crippen LogP contribution in [0.1, 0.15) is 25.3 Å². The van der Waals surface area contributed by atoms with Crippen molar-refractivity contribution in [3.05, 3.63) is 52.3 Å². The number of piperidine rings is 1. The third-order valence-electron chi connectivity index (χ3n) is 5.02. The van der Waals surface area contributed by atoms with Gasteiger partial charge in [0, 0.05) is 19.6 Å². The molecule has 4 rings (SSSR count). The fourth-order valence-electron chi connectivity index (χ4n) is 3.46. The number of thiazole rings is 1. The molecule has 2 aromatic heterocycles. The molecular formula is C20H22FN5O2S. The van der Waals surface area contributed by atoms with Gasteiger partial charge in [-0.15, -0.1) is 0 Å². The van der Waals surface area contributed by atoms with Gasteiger partial charge in [0.05, 0.1) is 0 Å². The van der Waals surface area contributed by atoms with E-state index in [2.05, 4.69) is 27.1 Å². The second-order valence-corrected chi connectivity index (χ2v) is 8.40. The van der Waals surface area contributed by atoms with Crippen LogP contribution in [0.25, 0.3) is 10.3 Å². The van der Waals surface area contributed by atoms with E-state index < -0.39 is 0 Å². The molecule has 1 fully saturated rings. The van der Waals surface area contributed by atoms with Crippen LogP contribution in [0.3, 0.4) is 0 Å². The number of nitrogens with zero attached hydrogens (tertiary/aromatic N) is 4. The Hall–Kier alpha value is -2.81. The molecule has 0 spiro atoms. The maximum atomic E-state index is 12.9. The van der Waals surface area contributed by atoms with Crippen LogP contribution in [-0.2, 0) is 17.9 Å². The molecule has 1 aromatic carbocycles. The summed E-state index contributed by atoms with van der Waals surface area (Å²) >= 11 is 1.34. The Bertz CT molecular complexity index is 1080. The van der Waals surface area contributed by atoms with Gasteiger partial charge in [0.1, 0.15) is 23.4 Å². The van der Waals surface area contributed by atoms with Crippen molar-refractivity contribution < 1.29 is 9.18 Å². The lowest BCUT2D eigenvalue weighted by Gasteiger charge is -2.30. The van der Waals surface area contributed by atoms with E-state index in [-0.39, 0.29) is 30.4 Å². The van der Waals surface area contributed by atoms with E-state index in [9.17, 15) is 14.0 Å². The van der Waals surface area contributed by atoms with Crippen molar-refractivity contribution in [1.29, 1.82) is 0 Å². The number of aromatic nitrogens is 3. The monoisotopic (exact) mass is 415 g/mol. The first kappa shape index (κ1) is 19.5. The highest BCUT2D eigenvalue weighted by molar-refractivity contribution is 7.22. The van der Waals surface area contributed by atoms with Gasteiger partial charge in [-0.05, 0) is 36.5 Å². The number of amides is 1. The van der Waals surface area contributed by atoms with Crippen molar-refractivity contribution in [2.75, 3.05) is 18.0 Å². The van der Waals surface area contributed by atoms with E-state index in [0.717, 1.165) is 30.2 Å². The molecule has 0 aliphatic carbocycles. The summed E-state index contributed by atoms with van der Waals surface area (Å²) in [7, 11) is 0. The maximum absolute atomic E-state index is 12.9. The highest BCUT2D eigenvalue weighted by Crippen LogP contribution is 2.28. The number of halogens is 1. The molecule has 1 saturated heterocycles. The summed E-state index contributed by atoms with van der Waals surface area (Å²) in [4.78, 5) is 36.0. The molecule has 29 heavy (non-hydrogen) atoms. The summed E-state index contributed by atoms with van der Waals surface area (Å²) in [6.07, 6.45) is 3.69. The lowest BCUT2D eigenvalue weighted by Crippen LogP contribution is -2.34.